The first-order valence-electron chi connectivity index (χ1n) is 19.6. The minimum Gasteiger partial charge on any atom is -0.494 e. The standard InChI is InChI=1S/C38H52F2N10O10/c39-38(40)17-27(18-41)50(24-38)32(51)19-43-37(59)29-4-5-42-31-3-2-28(16-30(29)31)60-15-1-6-44-11-13-49(14-12-44)33(52)20-48-25-46(22-35(55)56)9-7-45(21-34(53)54)8-10-47(26-48)23-36(57)58/h2-5,16,27,37,43,59H,1,6-15,17,19-26H2,(H,53,54)(H,55,56)(H,57,58)/t27-,37?/m0/s1. The summed E-state index contributed by atoms with van der Waals surface area (Å²) in [7, 11) is 0. The van der Waals surface area contributed by atoms with Crippen molar-refractivity contribution < 1.29 is 57.9 Å². The van der Waals surface area contributed by atoms with Crippen molar-refractivity contribution >= 4 is 40.6 Å². The Balaban J connectivity index is 1.08. The average molecular weight is 847 g/mol. The van der Waals surface area contributed by atoms with Crippen molar-refractivity contribution in [3.05, 3.63) is 36.0 Å². The van der Waals surface area contributed by atoms with Gasteiger partial charge in [-0.05, 0) is 30.7 Å². The molecule has 0 bridgehead atoms. The van der Waals surface area contributed by atoms with Crippen LogP contribution in [-0.2, 0) is 24.0 Å². The molecule has 2 atom stereocenters. The van der Waals surface area contributed by atoms with E-state index in [0.717, 1.165) is 4.90 Å². The van der Waals surface area contributed by atoms with Crippen molar-refractivity contribution in [3.8, 4) is 11.8 Å². The van der Waals surface area contributed by atoms with Gasteiger partial charge in [0, 0.05) is 82.5 Å². The lowest BCUT2D eigenvalue weighted by Crippen LogP contribution is -2.56. The number of aliphatic hydroxyl groups is 1. The Morgan fingerprint density at radius 1 is 0.833 bits per heavy atom. The lowest BCUT2D eigenvalue weighted by molar-refractivity contribution is -0.142. The van der Waals surface area contributed by atoms with Gasteiger partial charge in [-0.1, -0.05) is 0 Å². The van der Waals surface area contributed by atoms with Gasteiger partial charge in [0.25, 0.3) is 5.92 Å². The Morgan fingerprint density at radius 2 is 1.43 bits per heavy atom. The number of carbonyl (C=O) groups is 5. The molecule has 60 heavy (non-hydrogen) atoms. The third kappa shape index (κ3) is 13.7. The number of aromatic nitrogens is 1. The third-order valence-corrected chi connectivity index (χ3v) is 10.5. The Morgan fingerprint density at radius 3 is 2.05 bits per heavy atom. The van der Waals surface area contributed by atoms with E-state index in [-0.39, 0.29) is 71.6 Å². The monoisotopic (exact) mass is 846 g/mol. The molecule has 0 radical (unpaired) electrons. The summed E-state index contributed by atoms with van der Waals surface area (Å²) in [6.45, 7) is 1.99. The summed E-state index contributed by atoms with van der Waals surface area (Å²) in [4.78, 5) is 76.5. The normalized spacial score (nSPS) is 20.7. The summed E-state index contributed by atoms with van der Waals surface area (Å²) in [5.74, 6) is -6.74. The molecule has 4 heterocycles. The van der Waals surface area contributed by atoms with Crippen LogP contribution in [0.3, 0.4) is 0 Å². The maximum absolute atomic E-state index is 13.8. The predicted octanol–water partition coefficient (Wildman–Crippen LogP) is -1.12. The number of piperazine rings is 1. The van der Waals surface area contributed by atoms with E-state index in [1.807, 2.05) is 0 Å². The smallest absolute Gasteiger partial charge is 0.317 e. The summed E-state index contributed by atoms with van der Waals surface area (Å²) < 4.78 is 33.7. The summed E-state index contributed by atoms with van der Waals surface area (Å²) in [6, 6.07) is 7.25. The summed E-state index contributed by atoms with van der Waals surface area (Å²) in [5, 5.41) is 51.7. The highest BCUT2D eigenvalue weighted by Gasteiger charge is 2.47. The number of nitrogens with zero attached hydrogens (tertiary/aromatic N) is 9. The SMILES string of the molecule is N#C[C@@H]1CC(F)(F)CN1C(=O)CNC(O)c1ccnc2ccc(OCCCN3CCN(C(=O)CN4CN(CC(=O)O)CCN(CC(=O)O)CCN(CC(=O)O)C4)CC3)cc12. The Hall–Kier alpha value is -5.15. The molecule has 0 spiro atoms. The zero-order valence-corrected chi connectivity index (χ0v) is 33.2. The number of carboxylic acids is 3. The van der Waals surface area contributed by atoms with Gasteiger partial charge in [0.1, 0.15) is 18.0 Å². The molecule has 5 N–H and O–H groups in total. The van der Waals surface area contributed by atoms with E-state index in [2.05, 4.69) is 15.2 Å². The molecule has 2 aromatic rings. The minimum atomic E-state index is -3.15. The van der Waals surface area contributed by atoms with Crippen molar-refractivity contribution in [2.45, 2.75) is 31.0 Å². The fourth-order valence-electron chi connectivity index (χ4n) is 7.57. The van der Waals surface area contributed by atoms with Crippen LogP contribution in [-0.4, -0.2) is 220 Å². The molecule has 0 saturated carbocycles. The topological polar surface area (TPSA) is 247 Å². The number of carbonyl (C=O) groups excluding carboxylic acids is 2. The average Bonchev–Trinajstić information content (AvgIpc) is 3.52. The van der Waals surface area contributed by atoms with E-state index in [1.54, 1.807) is 54.8 Å². The van der Waals surface area contributed by atoms with Crippen LogP contribution in [0.2, 0.25) is 0 Å². The Bertz CT molecular complexity index is 1850. The van der Waals surface area contributed by atoms with Crippen molar-refractivity contribution in [3.63, 3.8) is 0 Å². The molecule has 2 amide bonds. The molecule has 3 aliphatic heterocycles. The first-order valence-corrected chi connectivity index (χ1v) is 19.6. The zero-order chi connectivity index (χ0) is 43.4. The van der Waals surface area contributed by atoms with Crippen molar-refractivity contribution in [1.82, 2.24) is 44.6 Å². The molecule has 22 heteroatoms. The predicted molar refractivity (Wildman–Crippen MR) is 207 cm³/mol. The number of amides is 2. The van der Waals surface area contributed by atoms with Gasteiger partial charge in [0.05, 0.1) is 70.8 Å². The van der Waals surface area contributed by atoms with Crippen LogP contribution in [0.1, 0.15) is 24.6 Å². The zero-order valence-electron chi connectivity index (χ0n) is 33.2. The molecule has 3 aliphatic rings. The van der Waals surface area contributed by atoms with Crippen LogP contribution in [0, 0.1) is 11.3 Å². The van der Waals surface area contributed by atoms with Crippen molar-refractivity contribution in [1.29, 1.82) is 5.26 Å². The van der Waals surface area contributed by atoms with Crippen LogP contribution >= 0.6 is 0 Å². The number of alkyl halides is 2. The van der Waals surface area contributed by atoms with E-state index in [9.17, 15) is 58.4 Å². The van der Waals surface area contributed by atoms with E-state index >= 15 is 0 Å². The number of nitrogens with one attached hydrogen (secondary N) is 1. The first kappa shape index (κ1) is 45.9. The van der Waals surface area contributed by atoms with E-state index in [4.69, 9.17) is 4.74 Å². The largest absolute Gasteiger partial charge is 0.494 e. The highest BCUT2D eigenvalue weighted by Crippen LogP contribution is 2.32. The molecule has 3 saturated heterocycles. The van der Waals surface area contributed by atoms with Crippen molar-refractivity contribution in [2.75, 3.05) is 118 Å². The van der Waals surface area contributed by atoms with Crippen LogP contribution in [0.4, 0.5) is 8.78 Å². The lowest BCUT2D eigenvalue weighted by atomic mass is 10.1. The molecule has 0 aliphatic carbocycles. The second-order valence-corrected chi connectivity index (χ2v) is 15.2. The summed E-state index contributed by atoms with van der Waals surface area (Å²) in [5.41, 5.74) is 0.950. The molecule has 3 fully saturated rings. The molecular weight excluding hydrogens is 794 g/mol. The Kier molecular flexibility index (Phi) is 16.4. The molecule has 20 nitrogen and oxygen atoms in total. The number of hydrogen-bond acceptors (Lipinski definition) is 15. The second kappa shape index (κ2) is 21.4. The first-order chi connectivity index (χ1) is 28.6. The molecule has 1 aromatic carbocycles. The van der Waals surface area contributed by atoms with Gasteiger partial charge in [-0.15, -0.1) is 0 Å². The van der Waals surface area contributed by atoms with Crippen molar-refractivity contribution in [2.24, 2.45) is 0 Å². The number of rotatable bonds is 17. The minimum absolute atomic E-state index is 0.0595. The Labute approximate surface area is 345 Å². The number of halogens is 2. The second-order valence-electron chi connectivity index (χ2n) is 15.2. The highest BCUT2D eigenvalue weighted by molar-refractivity contribution is 5.84. The number of pyridine rings is 1. The van der Waals surface area contributed by atoms with Gasteiger partial charge in [-0.3, -0.25) is 58.8 Å². The van der Waals surface area contributed by atoms with Gasteiger partial charge in [-0.2, -0.15) is 5.26 Å². The number of likely N-dealkylation sites (tertiary alicyclic amines) is 1. The van der Waals surface area contributed by atoms with Gasteiger partial charge < -0.3 is 35.0 Å². The van der Waals surface area contributed by atoms with Gasteiger partial charge >= 0.3 is 17.9 Å². The number of nitriles is 1. The summed E-state index contributed by atoms with van der Waals surface area (Å²) >= 11 is 0. The molecule has 5 rings (SSSR count). The van der Waals surface area contributed by atoms with Crippen LogP contribution in [0.5, 0.6) is 5.75 Å². The van der Waals surface area contributed by atoms with E-state index in [1.165, 1.54) is 6.20 Å². The highest BCUT2D eigenvalue weighted by atomic mass is 19.3. The molecular formula is C38H52F2N10O10. The fraction of sp³-hybridized carbons (Fsp3) is 0.605. The van der Waals surface area contributed by atoms with E-state index in [0.29, 0.717) is 68.0 Å². The van der Waals surface area contributed by atoms with Gasteiger partial charge in [0.15, 0.2) is 0 Å². The number of benzene rings is 1. The maximum atomic E-state index is 13.8. The molecule has 1 aromatic heterocycles. The fourth-order valence-corrected chi connectivity index (χ4v) is 7.57. The van der Waals surface area contributed by atoms with Gasteiger partial charge in [0.2, 0.25) is 11.8 Å². The molecule has 328 valence electrons. The number of aliphatic hydroxyl groups excluding tert-OH is 1. The number of carboxylic acid groups (broad SMARTS) is 3. The molecule has 1 unspecified atom stereocenters. The summed E-state index contributed by atoms with van der Waals surface area (Å²) in [6.07, 6.45) is 0.0817. The van der Waals surface area contributed by atoms with E-state index < -0.39 is 61.5 Å². The number of hydrogen-bond donors (Lipinski definition) is 5. The number of aliphatic carboxylic acids is 3. The number of fused-ring (bicyclic) bond motifs is 1. The third-order valence-electron chi connectivity index (χ3n) is 10.5. The van der Waals surface area contributed by atoms with Crippen LogP contribution in [0.15, 0.2) is 30.5 Å². The lowest BCUT2D eigenvalue weighted by Gasteiger charge is -2.39. The number of ether oxygens (including phenoxy) is 1. The van der Waals surface area contributed by atoms with Crippen LogP contribution < -0.4 is 10.1 Å². The van der Waals surface area contributed by atoms with Gasteiger partial charge in [-0.25, -0.2) is 8.78 Å². The quantitative estimate of drug-likeness (QED) is 0.0935. The maximum Gasteiger partial charge on any atom is 0.317 e. The van der Waals surface area contributed by atoms with Crippen LogP contribution in [0.25, 0.3) is 10.9 Å².